The second-order valence-electron chi connectivity index (χ2n) is 6.91. The molecule has 4 rings (SSSR count). The highest BCUT2D eigenvalue weighted by molar-refractivity contribution is 5.79. The summed E-state index contributed by atoms with van der Waals surface area (Å²) >= 11 is 0. The maximum Gasteiger partial charge on any atom is 0.225 e. The fraction of sp³-hybridized carbons (Fsp3) is 0.688. The standard InChI is InChI=1S/C16H22N4O2/c21-14(12-3-1-4-12)19-8-13-7-16(11-22-13)9-20(10-16)15-17-5-2-6-18-15/h2,5-6,12-13H,1,3-4,7-11H2,(H,19,21)/t13-/m0/s1. The molecule has 3 heterocycles. The van der Waals surface area contributed by atoms with Gasteiger partial charge in [0.25, 0.3) is 0 Å². The summed E-state index contributed by atoms with van der Waals surface area (Å²) in [7, 11) is 0. The Labute approximate surface area is 130 Å². The molecule has 0 aromatic carbocycles. The Morgan fingerprint density at radius 3 is 2.82 bits per heavy atom. The minimum Gasteiger partial charge on any atom is -0.376 e. The number of ether oxygens (including phenoxy) is 1. The molecule has 6 nitrogen and oxygen atoms in total. The van der Waals surface area contributed by atoms with Crippen LogP contribution in [-0.2, 0) is 9.53 Å². The second-order valence-corrected chi connectivity index (χ2v) is 6.91. The molecule has 1 aromatic heterocycles. The van der Waals surface area contributed by atoms with Gasteiger partial charge in [-0.3, -0.25) is 4.79 Å². The lowest BCUT2D eigenvalue weighted by atomic mass is 9.78. The molecule has 2 saturated heterocycles. The number of nitrogens with zero attached hydrogens (tertiary/aromatic N) is 3. The van der Waals surface area contributed by atoms with Gasteiger partial charge in [0, 0.05) is 43.4 Å². The van der Waals surface area contributed by atoms with Gasteiger partial charge in [0.2, 0.25) is 11.9 Å². The van der Waals surface area contributed by atoms with Crippen molar-refractivity contribution in [1.82, 2.24) is 15.3 Å². The molecule has 2 aliphatic heterocycles. The lowest BCUT2D eigenvalue weighted by Gasteiger charge is -2.47. The van der Waals surface area contributed by atoms with E-state index in [-0.39, 0.29) is 23.3 Å². The van der Waals surface area contributed by atoms with Crippen molar-refractivity contribution in [3.63, 3.8) is 0 Å². The van der Waals surface area contributed by atoms with E-state index in [1.165, 1.54) is 6.42 Å². The molecular formula is C16H22N4O2. The molecule has 1 aliphatic carbocycles. The zero-order valence-electron chi connectivity index (χ0n) is 12.7. The van der Waals surface area contributed by atoms with E-state index < -0.39 is 0 Å². The quantitative estimate of drug-likeness (QED) is 0.898. The normalized spacial score (nSPS) is 26.5. The van der Waals surface area contributed by atoms with Gasteiger partial charge in [-0.15, -0.1) is 0 Å². The summed E-state index contributed by atoms with van der Waals surface area (Å²) in [6.07, 6.45) is 8.01. The van der Waals surface area contributed by atoms with Crippen LogP contribution in [0, 0.1) is 11.3 Å². The van der Waals surface area contributed by atoms with Crippen molar-refractivity contribution in [1.29, 1.82) is 0 Å². The predicted octanol–water partition coefficient (Wildman–Crippen LogP) is 0.988. The van der Waals surface area contributed by atoms with Crippen LogP contribution in [0.15, 0.2) is 18.5 Å². The first-order valence-corrected chi connectivity index (χ1v) is 8.15. The van der Waals surface area contributed by atoms with Crippen LogP contribution in [0.4, 0.5) is 5.95 Å². The predicted molar refractivity (Wildman–Crippen MR) is 81.4 cm³/mol. The lowest BCUT2D eigenvalue weighted by molar-refractivity contribution is -0.127. The number of amides is 1. The summed E-state index contributed by atoms with van der Waals surface area (Å²) in [5.41, 5.74) is 0.227. The zero-order valence-corrected chi connectivity index (χ0v) is 12.7. The Morgan fingerprint density at radius 2 is 2.14 bits per heavy atom. The van der Waals surface area contributed by atoms with E-state index in [9.17, 15) is 4.79 Å². The van der Waals surface area contributed by atoms with Gasteiger partial charge < -0.3 is 15.0 Å². The van der Waals surface area contributed by atoms with Crippen molar-refractivity contribution in [2.24, 2.45) is 11.3 Å². The van der Waals surface area contributed by atoms with Crippen LogP contribution in [0.5, 0.6) is 0 Å². The molecule has 1 saturated carbocycles. The Bertz CT molecular complexity index is 540. The Hall–Kier alpha value is -1.69. The van der Waals surface area contributed by atoms with Crippen molar-refractivity contribution < 1.29 is 9.53 Å². The van der Waals surface area contributed by atoms with Crippen molar-refractivity contribution in [2.45, 2.75) is 31.8 Å². The van der Waals surface area contributed by atoms with E-state index in [0.717, 1.165) is 44.9 Å². The molecule has 1 amide bonds. The Morgan fingerprint density at radius 1 is 1.36 bits per heavy atom. The monoisotopic (exact) mass is 302 g/mol. The minimum absolute atomic E-state index is 0.155. The van der Waals surface area contributed by atoms with Gasteiger partial charge in [0.05, 0.1) is 12.7 Å². The number of carbonyl (C=O) groups excluding carboxylic acids is 1. The summed E-state index contributed by atoms with van der Waals surface area (Å²) < 4.78 is 5.89. The Balaban J connectivity index is 1.24. The van der Waals surface area contributed by atoms with Crippen LogP contribution in [0.25, 0.3) is 0 Å². The minimum atomic E-state index is 0.155. The second kappa shape index (κ2) is 5.50. The fourth-order valence-corrected chi connectivity index (χ4v) is 3.64. The largest absolute Gasteiger partial charge is 0.376 e. The van der Waals surface area contributed by atoms with Crippen LogP contribution < -0.4 is 10.2 Å². The first-order chi connectivity index (χ1) is 10.7. The molecule has 3 fully saturated rings. The van der Waals surface area contributed by atoms with Crippen LogP contribution >= 0.6 is 0 Å². The first-order valence-electron chi connectivity index (χ1n) is 8.15. The average Bonchev–Trinajstić information content (AvgIpc) is 2.87. The summed E-state index contributed by atoms with van der Waals surface area (Å²) in [6.45, 7) is 3.33. The highest BCUT2D eigenvalue weighted by Gasteiger charge is 2.50. The summed E-state index contributed by atoms with van der Waals surface area (Å²) in [5.74, 6) is 1.27. The third-order valence-corrected chi connectivity index (χ3v) is 5.15. The van der Waals surface area contributed by atoms with Gasteiger partial charge in [-0.05, 0) is 25.3 Å². The lowest BCUT2D eigenvalue weighted by Crippen LogP contribution is -2.57. The van der Waals surface area contributed by atoms with Crippen molar-refractivity contribution >= 4 is 11.9 Å². The molecule has 1 aromatic rings. The van der Waals surface area contributed by atoms with E-state index in [1.54, 1.807) is 12.4 Å². The zero-order chi connectivity index (χ0) is 15.0. The van der Waals surface area contributed by atoms with Gasteiger partial charge in [-0.25, -0.2) is 9.97 Å². The first kappa shape index (κ1) is 13.9. The van der Waals surface area contributed by atoms with Crippen LogP contribution in [-0.4, -0.2) is 48.2 Å². The summed E-state index contributed by atoms with van der Waals surface area (Å²) in [4.78, 5) is 22.6. The summed E-state index contributed by atoms with van der Waals surface area (Å²) in [6, 6.07) is 1.83. The van der Waals surface area contributed by atoms with Gasteiger partial charge in [0.1, 0.15) is 0 Å². The Kier molecular flexibility index (Phi) is 3.48. The van der Waals surface area contributed by atoms with Gasteiger partial charge in [0.15, 0.2) is 0 Å². The van der Waals surface area contributed by atoms with Gasteiger partial charge in [-0.2, -0.15) is 0 Å². The molecule has 1 N–H and O–H groups in total. The van der Waals surface area contributed by atoms with Crippen LogP contribution in [0.3, 0.4) is 0 Å². The maximum absolute atomic E-state index is 11.9. The third-order valence-electron chi connectivity index (χ3n) is 5.15. The maximum atomic E-state index is 11.9. The average molecular weight is 302 g/mol. The van der Waals surface area contributed by atoms with Crippen LogP contribution in [0.2, 0.25) is 0 Å². The van der Waals surface area contributed by atoms with E-state index in [1.807, 2.05) is 6.07 Å². The van der Waals surface area contributed by atoms with Gasteiger partial charge >= 0.3 is 0 Å². The highest BCUT2D eigenvalue weighted by Crippen LogP contribution is 2.42. The van der Waals surface area contributed by atoms with E-state index >= 15 is 0 Å². The van der Waals surface area contributed by atoms with Crippen molar-refractivity contribution in [3.8, 4) is 0 Å². The number of anilines is 1. The molecule has 0 radical (unpaired) electrons. The molecular weight excluding hydrogens is 280 g/mol. The topological polar surface area (TPSA) is 67.3 Å². The van der Waals surface area contributed by atoms with E-state index in [4.69, 9.17) is 4.74 Å². The molecule has 118 valence electrons. The molecule has 6 heteroatoms. The SMILES string of the molecule is O=C(NC[C@@H]1CC2(CO1)CN(c1ncccn1)C2)C1CCC1. The number of aromatic nitrogens is 2. The molecule has 22 heavy (non-hydrogen) atoms. The molecule has 1 atom stereocenters. The fourth-order valence-electron chi connectivity index (χ4n) is 3.64. The number of hydrogen-bond donors (Lipinski definition) is 1. The van der Waals surface area contributed by atoms with Crippen LogP contribution in [0.1, 0.15) is 25.7 Å². The van der Waals surface area contributed by atoms with E-state index in [2.05, 4.69) is 20.2 Å². The third kappa shape index (κ3) is 2.56. The number of nitrogens with one attached hydrogen (secondary N) is 1. The number of rotatable bonds is 4. The highest BCUT2D eigenvalue weighted by atomic mass is 16.5. The van der Waals surface area contributed by atoms with Gasteiger partial charge in [-0.1, -0.05) is 6.42 Å². The smallest absolute Gasteiger partial charge is 0.225 e. The number of hydrogen-bond acceptors (Lipinski definition) is 5. The number of carbonyl (C=O) groups is 1. The van der Waals surface area contributed by atoms with Crippen molar-refractivity contribution in [3.05, 3.63) is 18.5 Å². The molecule has 1 spiro atoms. The molecule has 0 unspecified atom stereocenters. The van der Waals surface area contributed by atoms with Crippen molar-refractivity contribution in [2.75, 3.05) is 31.1 Å². The molecule has 0 bridgehead atoms. The van der Waals surface area contributed by atoms with E-state index in [0.29, 0.717) is 6.54 Å². The molecule has 3 aliphatic rings. The summed E-state index contributed by atoms with van der Waals surface area (Å²) in [5, 5.41) is 3.05.